The molecule has 1 aliphatic rings. The van der Waals surface area contributed by atoms with E-state index in [-0.39, 0.29) is 30.0 Å². The Morgan fingerprint density at radius 1 is 1.15 bits per heavy atom. The van der Waals surface area contributed by atoms with Gasteiger partial charge in [0.05, 0.1) is 30.0 Å². The molecule has 0 aliphatic carbocycles. The maximum Gasteiger partial charge on any atom is 0.258 e. The Bertz CT molecular complexity index is 1190. The van der Waals surface area contributed by atoms with Crippen molar-refractivity contribution in [2.24, 2.45) is 5.92 Å². The number of rotatable bonds is 8. The summed E-state index contributed by atoms with van der Waals surface area (Å²) in [5.74, 6) is 2.08. The summed E-state index contributed by atoms with van der Waals surface area (Å²) in [6.07, 6.45) is 0. The monoisotopic (exact) mass is 450 g/mol. The van der Waals surface area contributed by atoms with Crippen LogP contribution in [0.5, 0.6) is 11.5 Å². The number of likely N-dealkylation sites (N-methyl/N-ethyl adjacent to an activating group) is 1. The lowest BCUT2D eigenvalue weighted by molar-refractivity contribution is -0.123. The van der Waals surface area contributed by atoms with Gasteiger partial charge in [-0.3, -0.25) is 14.5 Å². The van der Waals surface area contributed by atoms with Gasteiger partial charge in [-0.05, 0) is 42.3 Å². The van der Waals surface area contributed by atoms with Crippen molar-refractivity contribution in [1.29, 1.82) is 0 Å². The van der Waals surface area contributed by atoms with Gasteiger partial charge in [-0.1, -0.05) is 39.0 Å². The van der Waals surface area contributed by atoms with E-state index in [1.165, 1.54) is 0 Å². The van der Waals surface area contributed by atoms with Crippen molar-refractivity contribution in [3.63, 3.8) is 0 Å². The van der Waals surface area contributed by atoms with E-state index in [2.05, 4.69) is 29.1 Å². The molecule has 2 aromatic carbocycles. The van der Waals surface area contributed by atoms with Crippen molar-refractivity contribution < 1.29 is 14.3 Å². The van der Waals surface area contributed by atoms with Gasteiger partial charge in [0.1, 0.15) is 19.0 Å². The lowest BCUT2D eigenvalue weighted by Gasteiger charge is -2.27. The second-order valence-corrected chi connectivity index (χ2v) is 8.53. The Balaban J connectivity index is 1.45. The van der Waals surface area contributed by atoms with Crippen LogP contribution in [0.1, 0.15) is 38.2 Å². The first-order chi connectivity index (χ1) is 15.9. The molecule has 0 saturated heterocycles. The first-order valence-electron chi connectivity index (χ1n) is 11.3. The van der Waals surface area contributed by atoms with E-state index >= 15 is 0 Å². The fraction of sp³-hybridized carbons (Fsp3) is 0.400. The molecule has 1 atom stereocenters. The minimum absolute atomic E-state index is 0.0893. The Labute approximate surface area is 192 Å². The van der Waals surface area contributed by atoms with Gasteiger partial charge in [-0.2, -0.15) is 0 Å². The van der Waals surface area contributed by atoms with Crippen LogP contribution in [0.3, 0.4) is 0 Å². The number of para-hydroxylation sites is 1. The van der Waals surface area contributed by atoms with E-state index < -0.39 is 0 Å². The van der Waals surface area contributed by atoms with Crippen LogP contribution in [-0.4, -0.2) is 47.1 Å². The minimum Gasteiger partial charge on any atom is -0.486 e. The summed E-state index contributed by atoms with van der Waals surface area (Å²) in [7, 11) is 0. The van der Waals surface area contributed by atoms with E-state index in [4.69, 9.17) is 9.47 Å². The second-order valence-electron chi connectivity index (χ2n) is 8.53. The molecule has 1 aromatic heterocycles. The number of hydrogen-bond acceptors (Lipinski definition) is 6. The lowest BCUT2D eigenvalue weighted by Crippen LogP contribution is -2.40. The molecule has 0 fully saturated rings. The third kappa shape index (κ3) is 5.34. The molecule has 0 saturated carbocycles. The first kappa shape index (κ1) is 22.8. The predicted octanol–water partition coefficient (Wildman–Crippen LogP) is 3.03. The summed E-state index contributed by atoms with van der Waals surface area (Å²) < 4.78 is 11.3. The molecule has 0 bridgehead atoms. The average molecular weight is 451 g/mol. The number of carbonyl (C=O) groups excluding carboxylic acids is 1. The Kier molecular flexibility index (Phi) is 6.93. The summed E-state index contributed by atoms with van der Waals surface area (Å²) in [5.41, 5.74) is 1.45. The quantitative estimate of drug-likeness (QED) is 0.548. The smallest absolute Gasteiger partial charge is 0.258 e. The topological polar surface area (TPSA) is 96.6 Å². The first-order valence-corrected chi connectivity index (χ1v) is 11.3. The van der Waals surface area contributed by atoms with Gasteiger partial charge < -0.3 is 19.8 Å². The van der Waals surface area contributed by atoms with E-state index in [9.17, 15) is 9.59 Å². The molecule has 8 nitrogen and oxygen atoms in total. The van der Waals surface area contributed by atoms with Gasteiger partial charge in [0.15, 0.2) is 11.5 Å². The molecule has 1 amide bonds. The maximum absolute atomic E-state index is 13.0. The SMILES string of the molecule is CCN(CC(=O)N[C@H](c1ccc2c(c1)OCCO2)C(C)C)Cc1nc2ccccc2c(=O)[nH]1. The van der Waals surface area contributed by atoms with E-state index in [0.717, 1.165) is 11.3 Å². The number of carbonyl (C=O) groups is 1. The highest BCUT2D eigenvalue weighted by Crippen LogP contribution is 2.34. The van der Waals surface area contributed by atoms with E-state index in [1.807, 2.05) is 48.2 Å². The molecular formula is C25H30N4O4. The largest absolute Gasteiger partial charge is 0.486 e. The van der Waals surface area contributed by atoms with Gasteiger partial charge in [-0.15, -0.1) is 0 Å². The molecule has 0 radical (unpaired) electrons. The Hall–Kier alpha value is -3.39. The van der Waals surface area contributed by atoms with Crippen molar-refractivity contribution in [1.82, 2.24) is 20.2 Å². The normalized spacial score (nSPS) is 14.0. The number of hydrogen-bond donors (Lipinski definition) is 2. The van der Waals surface area contributed by atoms with Crippen LogP contribution in [0, 0.1) is 5.92 Å². The van der Waals surface area contributed by atoms with E-state index in [0.29, 0.717) is 48.8 Å². The molecule has 3 aromatic rings. The highest BCUT2D eigenvalue weighted by Gasteiger charge is 2.22. The molecule has 1 aliphatic heterocycles. The fourth-order valence-electron chi connectivity index (χ4n) is 4.01. The van der Waals surface area contributed by atoms with Crippen molar-refractivity contribution in [3.05, 3.63) is 64.2 Å². The fourth-order valence-corrected chi connectivity index (χ4v) is 4.01. The summed E-state index contributed by atoms with van der Waals surface area (Å²) >= 11 is 0. The molecule has 2 heterocycles. The van der Waals surface area contributed by atoms with Gasteiger partial charge in [-0.25, -0.2) is 4.98 Å². The minimum atomic E-state index is -0.172. The van der Waals surface area contributed by atoms with Crippen LogP contribution < -0.4 is 20.3 Å². The summed E-state index contributed by atoms with van der Waals surface area (Å²) in [6, 6.07) is 12.9. The van der Waals surface area contributed by atoms with Crippen LogP contribution in [0.2, 0.25) is 0 Å². The van der Waals surface area contributed by atoms with E-state index in [1.54, 1.807) is 6.07 Å². The van der Waals surface area contributed by atoms with Crippen LogP contribution in [-0.2, 0) is 11.3 Å². The van der Waals surface area contributed by atoms with Crippen molar-refractivity contribution in [2.75, 3.05) is 26.3 Å². The summed E-state index contributed by atoms with van der Waals surface area (Å²) in [4.78, 5) is 34.7. The number of nitrogens with one attached hydrogen (secondary N) is 2. The number of amides is 1. The number of nitrogens with zero attached hydrogens (tertiary/aromatic N) is 2. The van der Waals surface area contributed by atoms with Crippen molar-refractivity contribution >= 4 is 16.8 Å². The van der Waals surface area contributed by atoms with Crippen LogP contribution in [0.25, 0.3) is 10.9 Å². The van der Waals surface area contributed by atoms with Crippen LogP contribution in [0.4, 0.5) is 0 Å². The molecule has 4 rings (SSSR count). The molecule has 0 spiro atoms. The third-order valence-electron chi connectivity index (χ3n) is 5.76. The number of H-pyrrole nitrogens is 1. The molecule has 2 N–H and O–H groups in total. The lowest BCUT2D eigenvalue weighted by atomic mass is 9.95. The zero-order valence-electron chi connectivity index (χ0n) is 19.3. The Morgan fingerprint density at radius 2 is 1.91 bits per heavy atom. The van der Waals surface area contributed by atoms with Gasteiger partial charge >= 0.3 is 0 Å². The zero-order chi connectivity index (χ0) is 23.4. The molecule has 8 heteroatoms. The second kappa shape index (κ2) is 10.0. The standard InChI is InChI=1S/C25H30N4O4/c1-4-29(14-22-26-19-8-6-5-7-18(19)25(31)27-22)15-23(30)28-24(16(2)3)17-9-10-20-21(13-17)33-12-11-32-20/h5-10,13,16,24H,4,11-12,14-15H2,1-3H3,(H,28,30)(H,26,27,31)/t24-/m0/s1. The van der Waals surface area contributed by atoms with Crippen LogP contribution in [0.15, 0.2) is 47.3 Å². The third-order valence-corrected chi connectivity index (χ3v) is 5.76. The average Bonchev–Trinajstić information content (AvgIpc) is 2.81. The molecule has 33 heavy (non-hydrogen) atoms. The number of fused-ring (bicyclic) bond motifs is 2. The molecular weight excluding hydrogens is 420 g/mol. The summed E-state index contributed by atoms with van der Waals surface area (Å²) in [5, 5.41) is 3.72. The Morgan fingerprint density at radius 3 is 2.67 bits per heavy atom. The number of benzene rings is 2. The van der Waals surface area contributed by atoms with Crippen molar-refractivity contribution in [3.8, 4) is 11.5 Å². The zero-order valence-corrected chi connectivity index (χ0v) is 19.3. The highest BCUT2D eigenvalue weighted by atomic mass is 16.6. The number of aromatic nitrogens is 2. The molecule has 0 unspecified atom stereocenters. The maximum atomic E-state index is 13.0. The summed E-state index contributed by atoms with van der Waals surface area (Å²) in [6.45, 7) is 8.40. The van der Waals surface area contributed by atoms with Gasteiger partial charge in [0.25, 0.3) is 5.56 Å². The van der Waals surface area contributed by atoms with Crippen molar-refractivity contribution in [2.45, 2.75) is 33.4 Å². The van der Waals surface area contributed by atoms with Gasteiger partial charge in [0.2, 0.25) is 5.91 Å². The van der Waals surface area contributed by atoms with Gasteiger partial charge in [0, 0.05) is 0 Å². The molecule has 174 valence electrons. The number of aromatic amines is 1. The number of ether oxygens (including phenoxy) is 2. The predicted molar refractivity (Wildman–Crippen MR) is 126 cm³/mol. The van der Waals surface area contributed by atoms with Crippen LogP contribution >= 0.6 is 0 Å². The highest BCUT2D eigenvalue weighted by molar-refractivity contribution is 5.79.